The zero-order chi connectivity index (χ0) is 7.14. The van der Waals surface area contributed by atoms with Crippen LogP contribution in [0, 0.1) is 5.92 Å². The van der Waals surface area contributed by atoms with Crippen LogP contribution in [0.1, 0.15) is 26.2 Å². The Morgan fingerprint density at radius 1 is 1.50 bits per heavy atom. The summed E-state index contributed by atoms with van der Waals surface area (Å²) in [6.07, 6.45) is 3.13. The fourth-order valence-electron chi connectivity index (χ4n) is 2.17. The van der Waals surface area contributed by atoms with Gasteiger partial charge in [0.1, 0.15) is 0 Å². The molecule has 10 heavy (non-hydrogen) atoms. The van der Waals surface area contributed by atoms with Crippen LogP contribution in [0.3, 0.4) is 0 Å². The normalized spacial score (nSPS) is 38.9. The van der Waals surface area contributed by atoms with Gasteiger partial charge in [-0.1, -0.05) is 6.92 Å². The summed E-state index contributed by atoms with van der Waals surface area (Å²) in [5.41, 5.74) is 0. The van der Waals surface area contributed by atoms with E-state index in [1.165, 1.54) is 6.42 Å². The third-order valence-electron chi connectivity index (χ3n) is 2.86. The highest BCUT2D eigenvalue weighted by Gasteiger charge is 2.38. The number of carbonyl (C=O) groups is 1. The molecular weight excluding hydrogens is 126 g/mol. The van der Waals surface area contributed by atoms with E-state index in [4.69, 9.17) is 0 Å². The van der Waals surface area contributed by atoms with Gasteiger partial charge < -0.3 is 4.90 Å². The first-order chi connectivity index (χ1) is 4.79. The SMILES string of the molecule is C[C@H]1CCN2C(=O)CC[C@H]12. The molecule has 0 bridgehead atoms. The molecule has 0 saturated carbocycles. The van der Waals surface area contributed by atoms with E-state index in [0.29, 0.717) is 11.9 Å². The summed E-state index contributed by atoms with van der Waals surface area (Å²) < 4.78 is 0. The zero-order valence-corrected chi connectivity index (χ0v) is 6.34. The molecule has 2 rings (SSSR count). The molecule has 0 radical (unpaired) electrons. The molecule has 2 fully saturated rings. The van der Waals surface area contributed by atoms with Crippen LogP contribution in [-0.2, 0) is 4.79 Å². The molecule has 0 aliphatic carbocycles. The maximum Gasteiger partial charge on any atom is 0.222 e. The van der Waals surface area contributed by atoms with Gasteiger partial charge in [-0.15, -0.1) is 0 Å². The zero-order valence-electron chi connectivity index (χ0n) is 6.34. The van der Waals surface area contributed by atoms with E-state index in [2.05, 4.69) is 11.8 Å². The number of nitrogens with zero attached hydrogens (tertiary/aromatic N) is 1. The van der Waals surface area contributed by atoms with Crippen LogP contribution < -0.4 is 0 Å². The first kappa shape index (κ1) is 6.20. The predicted molar refractivity (Wildman–Crippen MR) is 38.5 cm³/mol. The lowest BCUT2D eigenvalue weighted by Gasteiger charge is -2.16. The molecule has 2 aliphatic heterocycles. The van der Waals surface area contributed by atoms with Gasteiger partial charge in [0.05, 0.1) is 0 Å². The Balaban J connectivity index is 2.16. The molecular formula is C8H13NO. The molecule has 0 unspecified atom stereocenters. The third-order valence-corrected chi connectivity index (χ3v) is 2.86. The molecule has 0 spiro atoms. The summed E-state index contributed by atoms with van der Waals surface area (Å²) in [5.74, 6) is 1.14. The molecule has 56 valence electrons. The number of carbonyl (C=O) groups excluding carboxylic acids is 1. The number of amides is 1. The van der Waals surface area contributed by atoms with Crippen molar-refractivity contribution in [3.8, 4) is 0 Å². The lowest BCUT2D eigenvalue weighted by molar-refractivity contribution is -0.128. The van der Waals surface area contributed by atoms with Crippen LogP contribution in [0.15, 0.2) is 0 Å². The lowest BCUT2D eigenvalue weighted by Crippen LogP contribution is -2.28. The molecule has 2 heterocycles. The Hall–Kier alpha value is -0.530. The van der Waals surface area contributed by atoms with Gasteiger partial charge in [-0.25, -0.2) is 0 Å². The van der Waals surface area contributed by atoms with Gasteiger partial charge in [0.25, 0.3) is 0 Å². The van der Waals surface area contributed by atoms with E-state index >= 15 is 0 Å². The Morgan fingerprint density at radius 3 is 3.00 bits per heavy atom. The van der Waals surface area contributed by atoms with E-state index in [1.54, 1.807) is 0 Å². The summed E-state index contributed by atoms with van der Waals surface area (Å²) in [5, 5.41) is 0. The molecule has 0 aromatic heterocycles. The predicted octanol–water partition coefficient (Wildman–Crippen LogP) is 1.02. The molecule has 0 aromatic rings. The monoisotopic (exact) mass is 139 g/mol. The fourth-order valence-corrected chi connectivity index (χ4v) is 2.17. The van der Waals surface area contributed by atoms with Crippen molar-refractivity contribution in [2.75, 3.05) is 6.54 Å². The van der Waals surface area contributed by atoms with Crippen molar-refractivity contribution < 1.29 is 4.79 Å². The van der Waals surface area contributed by atoms with Gasteiger partial charge in [-0.2, -0.15) is 0 Å². The van der Waals surface area contributed by atoms with E-state index in [0.717, 1.165) is 25.3 Å². The largest absolute Gasteiger partial charge is 0.339 e. The highest BCUT2D eigenvalue weighted by atomic mass is 16.2. The second-order valence-corrected chi connectivity index (χ2v) is 3.46. The van der Waals surface area contributed by atoms with Gasteiger partial charge in [0.15, 0.2) is 0 Å². The number of hydrogen-bond donors (Lipinski definition) is 0. The minimum absolute atomic E-state index is 0.384. The smallest absolute Gasteiger partial charge is 0.222 e. The van der Waals surface area contributed by atoms with Crippen LogP contribution in [0.2, 0.25) is 0 Å². The molecule has 2 aliphatic rings. The molecule has 0 N–H and O–H groups in total. The number of fused-ring (bicyclic) bond motifs is 1. The topological polar surface area (TPSA) is 20.3 Å². The van der Waals surface area contributed by atoms with Crippen LogP contribution in [-0.4, -0.2) is 23.4 Å². The second-order valence-electron chi connectivity index (χ2n) is 3.46. The molecule has 2 nitrogen and oxygen atoms in total. The standard InChI is InChI=1S/C8H13NO/c1-6-4-5-9-7(6)2-3-8(9)10/h6-7H,2-5H2,1H3/t6-,7+/m0/s1. The average molecular weight is 139 g/mol. The van der Waals surface area contributed by atoms with Gasteiger partial charge in [0, 0.05) is 19.0 Å². The highest BCUT2D eigenvalue weighted by Crippen LogP contribution is 2.32. The maximum atomic E-state index is 11.1. The van der Waals surface area contributed by atoms with Crippen molar-refractivity contribution in [3.05, 3.63) is 0 Å². The summed E-state index contributed by atoms with van der Waals surface area (Å²) in [6.45, 7) is 3.27. The average Bonchev–Trinajstić information content (AvgIpc) is 2.41. The third kappa shape index (κ3) is 0.678. The molecule has 0 aromatic carbocycles. The van der Waals surface area contributed by atoms with Gasteiger partial charge in [-0.05, 0) is 18.8 Å². The van der Waals surface area contributed by atoms with Crippen LogP contribution in [0.25, 0.3) is 0 Å². The van der Waals surface area contributed by atoms with Crippen LogP contribution in [0.5, 0.6) is 0 Å². The van der Waals surface area contributed by atoms with Gasteiger partial charge >= 0.3 is 0 Å². The summed E-state index contributed by atoms with van der Waals surface area (Å²) in [6, 6.07) is 0.604. The van der Waals surface area contributed by atoms with Crippen molar-refractivity contribution in [2.24, 2.45) is 5.92 Å². The lowest BCUT2D eigenvalue weighted by atomic mass is 10.0. The van der Waals surface area contributed by atoms with Crippen LogP contribution >= 0.6 is 0 Å². The Morgan fingerprint density at radius 2 is 2.30 bits per heavy atom. The van der Waals surface area contributed by atoms with E-state index in [1.807, 2.05) is 0 Å². The van der Waals surface area contributed by atoms with Crippen molar-refractivity contribution >= 4 is 5.91 Å². The molecule has 2 heteroatoms. The Labute approximate surface area is 61.2 Å². The highest BCUT2D eigenvalue weighted by molar-refractivity contribution is 5.79. The summed E-state index contributed by atoms with van der Waals surface area (Å²) in [4.78, 5) is 13.2. The molecule has 1 amide bonds. The Kier molecular flexibility index (Phi) is 1.22. The van der Waals surface area contributed by atoms with Gasteiger partial charge in [-0.3, -0.25) is 4.79 Å². The fraction of sp³-hybridized carbons (Fsp3) is 0.875. The van der Waals surface area contributed by atoms with E-state index in [-0.39, 0.29) is 0 Å². The summed E-state index contributed by atoms with van der Waals surface area (Å²) >= 11 is 0. The first-order valence-corrected chi connectivity index (χ1v) is 4.08. The minimum Gasteiger partial charge on any atom is -0.339 e. The quantitative estimate of drug-likeness (QED) is 0.490. The van der Waals surface area contributed by atoms with Crippen molar-refractivity contribution in [3.63, 3.8) is 0 Å². The minimum atomic E-state index is 0.384. The maximum absolute atomic E-state index is 11.1. The number of hydrogen-bond acceptors (Lipinski definition) is 1. The Bertz CT molecular complexity index is 167. The van der Waals surface area contributed by atoms with E-state index < -0.39 is 0 Å². The van der Waals surface area contributed by atoms with Crippen molar-refractivity contribution in [1.29, 1.82) is 0 Å². The second kappa shape index (κ2) is 1.97. The van der Waals surface area contributed by atoms with Crippen LogP contribution in [0.4, 0.5) is 0 Å². The van der Waals surface area contributed by atoms with Gasteiger partial charge in [0.2, 0.25) is 5.91 Å². The molecule has 2 saturated heterocycles. The van der Waals surface area contributed by atoms with E-state index in [9.17, 15) is 4.79 Å². The first-order valence-electron chi connectivity index (χ1n) is 4.08. The van der Waals surface area contributed by atoms with Crippen molar-refractivity contribution in [2.45, 2.75) is 32.2 Å². The number of rotatable bonds is 0. The molecule has 2 atom stereocenters. The summed E-state index contributed by atoms with van der Waals surface area (Å²) in [7, 11) is 0. The van der Waals surface area contributed by atoms with Crippen molar-refractivity contribution in [1.82, 2.24) is 4.90 Å².